The Morgan fingerprint density at radius 1 is 1.00 bits per heavy atom. The average molecular weight is 413 g/mol. The minimum Gasteiger partial charge on any atom is -0.493 e. The Bertz CT molecular complexity index is 922. The predicted octanol–water partition coefficient (Wildman–Crippen LogP) is 1.02. The third-order valence-corrected chi connectivity index (χ3v) is 5.50. The predicted molar refractivity (Wildman–Crippen MR) is 115 cm³/mol. The standard InChI is InChI=1S/C23H29N3O4/c1-15-6-5-7-16(2)23(15)25-21(27)12-24-22(28)14-26-9-8-17-10-19(29-3)20(30-4)11-18(17)13-26/h5-7,10-11H,8-9,12-14H2,1-4H3,(H,24,28)(H,25,27)/p+1. The van der Waals surface area contributed by atoms with Gasteiger partial charge in [-0.25, -0.2) is 0 Å². The van der Waals surface area contributed by atoms with E-state index in [1.54, 1.807) is 14.2 Å². The first-order valence-corrected chi connectivity index (χ1v) is 10.1. The Morgan fingerprint density at radius 2 is 1.63 bits per heavy atom. The van der Waals surface area contributed by atoms with Gasteiger partial charge < -0.3 is 25.0 Å². The lowest BCUT2D eigenvalue weighted by molar-refractivity contribution is -0.908. The summed E-state index contributed by atoms with van der Waals surface area (Å²) in [5, 5.41) is 5.62. The highest BCUT2D eigenvalue weighted by Gasteiger charge is 2.24. The van der Waals surface area contributed by atoms with Gasteiger partial charge in [-0.3, -0.25) is 9.59 Å². The second-order valence-corrected chi connectivity index (χ2v) is 7.67. The van der Waals surface area contributed by atoms with Gasteiger partial charge in [-0.1, -0.05) is 18.2 Å². The molecule has 2 amide bonds. The van der Waals surface area contributed by atoms with Crippen LogP contribution in [0.15, 0.2) is 30.3 Å². The molecule has 0 fully saturated rings. The van der Waals surface area contributed by atoms with E-state index in [-0.39, 0.29) is 18.4 Å². The summed E-state index contributed by atoms with van der Waals surface area (Å²) in [6.07, 6.45) is 0.866. The van der Waals surface area contributed by atoms with Crippen molar-refractivity contribution >= 4 is 17.5 Å². The molecule has 1 heterocycles. The van der Waals surface area contributed by atoms with Crippen LogP contribution in [-0.4, -0.2) is 45.7 Å². The van der Waals surface area contributed by atoms with E-state index >= 15 is 0 Å². The number of amides is 2. The lowest BCUT2D eigenvalue weighted by atomic mass is 9.99. The Morgan fingerprint density at radius 3 is 2.27 bits per heavy atom. The first-order chi connectivity index (χ1) is 14.4. The molecule has 1 aliphatic heterocycles. The van der Waals surface area contributed by atoms with Crippen molar-refractivity contribution in [3.63, 3.8) is 0 Å². The van der Waals surface area contributed by atoms with Crippen molar-refractivity contribution in [1.82, 2.24) is 5.32 Å². The van der Waals surface area contributed by atoms with E-state index in [2.05, 4.69) is 10.6 Å². The molecule has 0 spiro atoms. The molecule has 2 aromatic rings. The molecule has 2 aromatic carbocycles. The molecule has 1 atom stereocenters. The van der Waals surface area contributed by atoms with E-state index in [0.717, 1.165) is 52.5 Å². The highest BCUT2D eigenvalue weighted by molar-refractivity contribution is 5.95. The number of benzene rings is 2. The molecule has 7 heteroatoms. The molecule has 0 saturated carbocycles. The van der Waals surface area contributed by atoms with Crippen LogP contribution in [0.1, 0.15) is 22.3 Å². The quantitative estimate of drug-likeness (QED) is 0.634. The number of methoxy groups -OCH3 is 2. The molecule has 0 bridgehead atoms. The number of hydrogen-bond donors (Lipinski definition) is 3. The first-order valence-electron chi connectivity index (χ1n) is 10.1. The zero-order valence-corrected chi connectivity index (χ0v) is 18.1. The fourth-order valence-corrected chi connectivity index (χ4v) is 3.84. The van der Waals surface area contributed by atoms with Gasteiger partial charge in [0.05, 0.1) is 27.3 Å². The SMILES string of the molecule is COc1cc2c(cc1OC)C[NH+](CC(=O)NCC(=O)Nc1c(C)cccc1C)CC2. The van der Waals surface area contributed by atoms with Crippen molar-refractivity contribution in [1.29, 1.82) is 0 Å². The first kappa shape index (κ1) is 21.6. The number of carbonyl (C=O) groups is 2. The summed E-state index contributed by atoms with van der Waals surface area (Å²) < 4.78 is 10.8. The number of ether oxygens (including phenoxy) is 2. The highest BCUT2D eigenvalue weighted by Crippen LogP contribution is 2.31. The number of para-hydroxylation sites is 1. The molecule has 1 unspecified atom stereocenters. The summed E-state index contributed by atoms with van der Waals surface area (Å²) in [4.78, 5) is 25.8. The summed E-state index contributed by atoms with van der Waals surface area (Å²) in [6, 6.07) is 9.85. The van der Waals surface area contributed by atoms with Gasteiger partial charge >= 0.3 is 0 Å². The van der Waals surface area contributed by atoms with Crippen LogP contribution in [-0.2, 0) is 22.6 Å². The van der Waals surface area contributed by atoms with E-state index in [1.165, 1.54) is 5.56 Å². The van der Waals surface area contributed by atoms with E-state index in [1.807, 2.05) is 44.2 Å². The Hall–Kier alpha value is -3.06. The Labute approximate surface area is 177 Å². The van der Waals surface area contributed by atoms with Gasteiger partial charge in [-0.15, -0.1) is 0 Å². The normalized spacial score (nSPS) is 15.1. The van der Waals surface area contributed by atoms with Gasteiger partial charge in [0.15, 0.2) is 18.0 Å². The minimum atomic E-state index is -0.225. The van der Waals surface area contributed by atoms with Gasteiger partial charge in [-0.05, 0) is 42.7 Å². The summed E-state index contributed by atoms with van der Waals surface area (Å²) in [5.74, 6) is 1.07. The van der Waals surface area contributed by atoms with Crippen molar-refractivity contribution in [3.8, 4) is 11.5 Å². The number of anilines is 1. The smallest absolute Gasteiger partial charge is 0.275 e. The monoisotopic (exact) mass is 412 g/mol. The van der Waals surface area contributed by atoms with Crippen molar-refractivity contribution in [2.45, 2.75) is 26.8 Å². The lowest BCUT2D eigenvalue weighted by Crippen LogP contribution is -3.12. The van der Waals surface area contributed by atoms with Crippen LogP contribution in [0.25, 0.3) is 0 Å². The summed E-state index contributed by atoms with van der Waals surface area (Å²) in [7, 11) is 3.25. The fraction of sp³-hybridized carbons (Fsp3) is 0.391. The molecule has 1 aliphatic rings. The molecule has 0 radical (unpaired) electrons. The van der Waals surface area contributed by atoms with Crippen LogP contribution >= 0.6 is 0 Å². The van der Waals surface area contributed by atoms with Crippen LogP contribution in [0.3, 0.4) is 0 Å². The van der Waals surface area contributed by atoms with Crippen molar-refractivity contribution in [3.05, 3.63) is 52.6 Å². The zero-order chi connectivity index (χ0) is 21.7. The molecular formula is C23H30N3O4+. The Kier molecular flexibility index (Phi) is 6.95. The molecule has 30 heavy (non-hydrogen) atoms. The third kappa shape index (κ3) is 5.10. The zero-order valence-electron chi connectivity index (χ0n) is 18.1. The molecule has 0 aliphatic carbocycles. The van der Waals surface area contributed by atoms with Gasteiger partial charge in [0.2, 0.25) is 5.91 Å². The number of fused-ring (bicyclic) bond motifs is 1. The number of rotatable bonds is 7. The van der Waals surface area contributed by atoms with Crippen LogP contribution in [0.2, 0.25) is 0 Å². The highest BCUT2D eigenvalue weighted by atomic mass is 16.5. The molecule has 0 aromatic heterocycles. The third-order valence-electron chi connectivity index (χ3n) is 5.50. The van der Waals surface area contributed by atoms with E-state index in [4.69, 9.17) is 9.47 Å². The average Bonchev–Trinajstić information content (AvgIpc) is 2.74. The van der Waals surface area contributed by atoms with Crippen LogP contribution < -0.4 is 25.0 Å². The Balaban J connectivity index is 1.52. The van der Waals surface area contributed by atoms with Crippen LogP contribution in [0.4, 0.5) is 5.69 Å². The molecular weight excluding hydrogens is 382 g/mol. The van der Waals surface area contributed by atoms with Crippen molar-refractivity contribution in [2.75, 3.05) is 39.2 Å². The fourth-order valence-electron chi connectivity index (χ4n) is 3.84. The molecule has 160 valence electrons. The number of quaternary nitrogens is 1. The lowest BCUT2D eigenvalue weighted by Gasteiger charge is -2.26. The number of aryl methyl sites for hydroxylation is 2. The number of hydrogen-bond acceptors (Lipinski definition) is 4. The van der Waals surface area contributed by atoms with E-state index in [0.29, 0.717) is 12.3 Å². The topological polar surface area (TPSA) is 81.1 Å². The van der Waals surface area contributed by atoms with Crippen LogP contribution in [0.5, 0.6) is 11.5 Å². The maximum atomic E-state index is 12.4. The van der Waals surface area contributed by atoms with Crippen LogP contribution in [0, 0.1) is 13.8 Å². The maximum absolute atomic E-state index is 12.4. The summed E-state index contributed by atoms with van der Waals surface area (Å²) >= 11 is 0. The van der Waals surface area contributed by atoms with E-state index in [9.17, 15) is 9.59 Å². The second-order valence-electron chi connectivity index (χ2n) is 7.67. The maximum Gasteiger partial charge on any atom is 0.275 e. The van der Waals surface area contributed by atoms with Gasteiger partial charge in [-0.2, -0.15) is 0 Å². The van der Waals surface area contributed by atoms with Gasteiger partial charge in [0.1, 0.15) is 6.54 Å². The van der Waals surface area contributed by atoms with E-state index < -0.39 is 0 Å². The summed E-state index contributed by atoms with van der Waals surface area (Å²) in [5.41, 5.74) is 5.19. The largest absolute Gasteiger partial charge is 0.493 e. The minimum absolute atomic E-state index is 0.0402. The van der Waals surface area contributed by atoms with Crippen molar-refractivity contribution in [2.24, 2.45) is 0 Å². The molecule has 7 nitrogen and oxygen atoms in total. The molecule has 3 rings (SSSR count). The van der Waals surface area contributed by atoms with Crippen molar-refractivity contribution < 1.29 is 24.0 Å². The van der Waals surface area contributed by atoms with Gasteiger partial charge in [0.25, 0.3) is 5.91 Å². The number of carbonyl (C=O) groups excluding carboxylic acids is 2. The molecule has 3 N–H and O–H groups in total. The molecule has 0 saturated heterocycles. The number of nitrogens with one attached hydrogen (secondary N) is 3. The second kappa shape index (κ2) is 9.63. The van der Waals surface area contributed by atoms with Gasteiger partial charge in [0, 0.05) is 17.7 Å². The summed E-state index contributed by atoms with van der Waals surface area (Å²) in [6.45, 7) is 5.76.